The van der Waals surface area contributed by atoms with Crippen molar-refractivity contribution >= 4 is 54.4 Å². The quantitative estimate of drug-likeness (QED) is 0.198. The Morgan fingerprint density at radius 3 is 1.92 bits per heavy atom. The molecule has 4 heteroatoms. The van der Waals surface area contributed by atoms with Crippen LogP contribution in [0.3, 0.4) is 0 Å². The van der Waals surface area contributed by atoms with Crippen LogP contribution >= 0.6 is 0 Å². The van der Waals surface area contributed by atoms with Gasteiger partial charge in [-0.2, -0.15) is 0 Å². The van der Waals surface area contributed by atoms with Crippen LogP contribution in [0.1, 0.15) is 0 Å². The van der Waals surface area contributed by atoms with Crippen molar-refractivity contribution in [1.82, 2.24) is 19.1 Å². The van der Waals surface area contributed by atoms with Crippen molar-refractivity contribution in [1.29, 1.82) is 0 Å². The van der Waals surface area contributed by atoms with E-state index in [0.29, 0.717) is 5.95 Å². The Balaban J connectivity index is 1.24. The first-order valence-corrected chi connectivity index (χ1v) is 16.3. The SMILES string of the molecule is c1ccc(-c2ccc3cc(-c4nc(-n5c6ccccc6c6ccc7ccn(-c8ccccc8)c7c65)nc5ccccc45)ccc3c2)cc1. The maximum atomic E-state index is 5.42. The molecule has 0 radical (unpaired) electrons. The fourth-order valence-corrected chi connectivity index (χ4v) is 7.27. The summed E-state index contributed by atoms with van der Waals surface area (Å²) in [5, 5.41) is 6.92. The Morgan fingerprint density at radius 2 is 1.08 bits per heavy atom. The molecule has 48 heavy (non-hydrogen) atoms. The molecule has 0 saturated heterocycles. The topological polar surface area (TPSA) is 35.6 Å². The van der Waals surface area contributed by atoms with Gasteiger partial charge in [-0.05, 0) is 64.4 Å². The van der Waals surface area contributed by atoms with Gasteiger partial charge in [0.1, 0.15) is 0 Å². The number of rotatable bonds is 4. The third-order valence-corrected chi connectivity index (χ3v) is 9.53. The molecule has 224 valence electrons. The average molecular weight is 613 g/mol. The molecule has 7 aromatic carbocycles. The second-order valence-corrected chi connectivity index (χ2v) is 12.3. The number of fused-ring (bicyclic) bond motifs is 7. The lowest BCUT2D eigenvalue weighted by atomic mass is 9.98. The van der Waals surface area contributed by atoms with Gasteiger partial charge in [-0.3, -0.25) is 4.57 Å². The van der Waals surface area contributed by atoms with Crippen LogP contribution in [0.4, 0.5) is 0 Å². The van der Waals surface area contributed by atoms with E-state index in [1.165, 1.54) is 38.1 Å². The van der Waals surface area contributed by atoms with Gasteiger partial charge in [0, 0.05) is 39.0 Å². The second-order valence-electron chi connectivity index (χ2n) is 12.3. The molecule has 0 aliphatic rings. The molecule has 3 aromatic heterocycles. The summed E-state index contributed by atoms with van der Waals surface area (Å²) in [6.45, 7) is 0. The zero-order valence-corrected chi connectivity index (χ0v) is 26.0. The van der Waals surface area contributed by atoms with E-state index in [0.717, 1.165) is 44.4 Å². The molecule has 0 atom stereocenters. The van der Waals surface area contributed by atoms with Crippen molar-refractivity contribution in [3.05, 3.63) is 170 Å². The Hall–Kier alpha value is -6.52. The van der Waals surface area contributed by atoms with Gasteiger partial charge in [0.2, 0.25) is 5.95 Å². The zero-order valence-electron chi connectivity index (χ0n) is 26.0. The Morgan fingerprint density at radius 1 is 0.417 bits per heavy atom. The normalized spacial score (nSPS) is 11.8. The lowest BCUT2D eigenvalue weighted by molar-refractivity contribution is 1.01. The smallest absolute Gasteiger partial charge is 0.235 e. The molecule has 10 rings (SSSR count). The summed E-state index contributed by atoms with van der Waals surface area (Å²) in [7, 11) is 0. The van der Waals surface area contributed by atoms with Crippen molar-refractivity contribution in [2.24, 2.45) is 0 Å². The summed E-state index contributed by atoms with van der Waals surface area (Å²) >= 11 is 0. The average Bonchev–Trinajstić information content (AvgIpc) is 3.74. The predicted molar refractivity (Wildman–Crippen MR) is 199 cm³/mol. The molecular formula is C44H28N4. The molecule has 10 aromatic rings. The molecule has 0 spiro atoms. The molecule has 0 N–H and O–H groups in total. The van der Waals surface area contributed by atoms with Crippen molar-refractivity contribution in [3.8, 4) is 34.0 Å². The molecule has 0 fully saturated rings. The van der Waals surface area contributed by atoms with Crippen LogP contribution in [-0.2, 0) is 0 Å². The van der Waals surface area contributed by atoms with Crippen LogP contribution in [0, 0.1) is 0 Å². The highest BCUT2D eigenvalue weighted by Gasteiger charge is 2.21. The van der Waals surface area contributed by atoms with Gasteiger partial charge in [-0.25, -0.2) is 9.97 Å². The predicted octanol–water partition coefficient (Wildman–Crippen LogP) is 11.2. The summed E-state index contributed by atoms with van der Waals surface area (Å²) in [4.78, 5) is 10.7. The molecule has 0 amide bonds. The van der Waals surface area contributed by atoms with Crippen LogP contribution in [-0.4, -0.2) is 19.1 Å². The highest BCUT2D eigenvalue weighted by molar-refractivity contribution is 6.18. The van der Waals surface area contributed by atoms with E-state index in [9.17, 15) is 0 Å². The molecule has 0 aliphatic heterocycles. The van der Waals surface area contributed by atoms with E-state index < -0.39 is 0 Å². The lowest BCUT2D eigenvalue weighted by Crippen LogP contribution is -2.04. The van der Waals surface area contributed by atoms with Crippen molar-refractivity contribution < 1.29 is 0 Å². The van der Waals surface area contributed by atoms with Gasteiger partial charge in [-0.1, -0.05) is 121 Å². The Kier molecular flexibility index (Phi) is 5.84. The van der Waals surface area contributed by atoms with Crippen LogP contribution in [0.5, 0.6) is 0 Å². The van der Waals surface area contributed by atoms with Gasteiger partial charge < -0.3 is 4.57 Å². The maximum Gasteiger partial charge on any atom is 0.235 e. The summed E-state index contributed by atoms with van der Waals surface area (Å²) in [6, 6.07) is 58.0. The lowest BCUT2D eigenvalue weighted by Gasteiger charge is -2.14. The van der Waals surface area contributed by atoms with E-state index in [1.54, 1.807) is 0 Å². The number of nitrogens with zero attached hydrogens (tertiary/aromatic N) is 4. The Labute approximate surface area is 276 Å². The third kappa shape index (κ3) is 4.10. The second kappa shape index (κ2) is 10.5. The van der Waals surface area contributed by atoms with Crippen molar-refractivity contribution in [2.45, 2.75) is 0 Å². The van der Waals surface area contributed by atoms with Crippen molar-refractivity contribution in [2.75, 3.05) is 0 Å². The van der Waals surface area contributed by atoms with E-state index in [2.05, 4.69) is 179 Å². The van der Waals surface area contributed by atoms with Gasteiger partial charge >= 0.3 is 0 Å². The largest absolute Gasteiger partial charge is 0.315 e. The van der Waals surface area contributed by atoms with E-state index in [-0.39, 0.29) is 0 Å². The molecular weight excluding hydrogens is 585 g/mol. The van der Waals surface area contributed by atoms with E-state index in [4.69, 9.17) is 9.97 Å². The highest BCUT2D eigenvalue weighted by Crippen LogP contribution is 2.39. The van der Waals surface area contributed by atoms with Gasteiger partial charge in [-0.15, -0.1) is 0 Å². The number of para-hydroxylation sites is 3. The number of hydrogen-bond donors (Lipinski definition) is 0. The molecule has 0 bridgehead atoms. The van der Waals surface area contributed by atoms with E-state index >= 15 is 0 Å². The number of hydrogen-bond acceptors (Lipinski definition) is 2. The van der Waals surface area contributed by atoms with Gasteiger partial charge in [0.15, 0.2) is 0 Å². The van der Waals surface area contributed by atoms with Crippen LogP contribution in [0.2, 0.25) is 0 Å². The van der Waals surface area contributed by atoms with Gasteiger partial charge in [0.05, 0.1) is 27.8 Å². The summed E-state index contributed by atoms with van der Waals surface area (Å²) in [5.41, 5.74) is 9.74. The fourth-order valence-electron chi connectivity index (χ4n) is 7.27. The molecule has 3 heterocycles. The Bertz CT molecular complexity index is 2830. The minimum atomic E-state index is 0.655. The minimum absolute atomic E-state index is 0.655. The molecule has 0 unspecified atom stereocenters. The monoisotopic (exact) mass is 612 g/mol. The molecule has 0 aliphatic carbocycles. The summed E-state index contributed by atoms with van der Waals surface area (Å²) < 4.78 is 4.54. The number of benzene rings is 7. The van der Waals surface area contributed by atoms with Crippen LogP contribution in [0.25, 0.3) is 88.4 Å². The summed E-state index contributed by atoms with van der Waals surface area (Å²) in [6.07, 6.45) is 2.16. The zero-order chi connectivity index (χ0) is 31.6. The highest BCUT2D eigenvalue weighted by atomic mass is 15.2. The maximum absolute atomic E-state index is 5.42. The first kappa shape index (κ1) is 26.7. The van der Waals surface area contributed by atoms with Crippen molar-refractivity contribution in [3.63, 3.8) is 0 Å². The van der Waals surface area contributed by atoms with Crippen LogP contribution < -0.4 is 0 Å². The third-order valence-electron chi connectivity index (χ3n) is 9.53. The first-order chi connectivity index (χ1) is 23.8. The van der Waals surface area contributed by atoms with E-state index in [1.807, 2.05) is 0 Å². The summed E-state index contributed by atoms with van der Waals surface area (Å²) in [5.74, 6) is 0.655. The van der Waals surface area contributed by atoms with Gasteiger partial charge in [0.25, 0.3) is 0 Å². The fraction of sp³-hybridized carbons (Fsp3) is 0. The van der Waals surface area contributed by atoms with Crippen LogP contribution in [0.15, 0.2) is 170 Å². The number of aromatic nitrogens is 4. The standard InChI is InChI=1S/C44H28N4/c1-3-11-29(12-4-1)31-19-20-33-28-34(22-21-32(33)27-31)41-38-16-7-9-17-39(38)45-44(46-41)48-40-18-10-8-15-36(40)37-24-23-30-25-26-47(42(30)43(37)48)35-13-5-2-6-14-35/h1-28H. The molecule has 0 saturated carbocycles. The minimum Gasteiger partial charge on any atom is -0.315 e. The molecule has 4 nitrogen and oxygen atoms in total. The first-order valence-electron chi connectivity index (χ1n) is 16.3.